The van der Waals surface area contributed by atoms with Gasteiger partial charge in [-0.15, -0.1) is 0 Å². The predicted molar refractivity (Wildman–Crippen MR) is 51.6 cm³/mol. The highest BCUT2D eigenvalue weighted by Crippen LogP contribution is 2.14. The van der Waals surface area contributed by atoms with E-state index in [-0.39, 0.29) is 0 Å². The second kappa shape index (κ2) is 4.21. The van der Waals surface area contributed by atoms with E-state index >= 15 is 0 Å². The van der Waals surface area contributed by atoms with Gasteiger partial charge in [0.1, 0.15) is 6.33 Å². The molecule has 0 N–H and O–H groups in total. The minimum atomic E-state index is 0.480. The van der Waals surface area contributed by atoms with Crippen LogP contribution < -0.4 is 0 Å². The Morgan fingerprint density at radius 3 is 3.07 bits per heavy atom. The van der Waals surface area contributed by atoms with Crippen LogP contribution in [0.25, 0.3) is 10.8 Å². The van der Waals surface area contributed by atoms with Crippen molar-refractivity contribution in [2.24, 2.45) is 0 Å². The van der Waals surface area contributed by atoms with Gasteiger partial charge < -0.3 is 4.74 Å². The van der Waals surface area contributed by atoms with Crippen molar-refractivity contribution >= 4 is 11.5 Å². The van der Waals surface area contributed by atoms with E-state index in [2.05, 4.69) is 19.3 Å². The summed E-state index contributed by atoms with van der Waals surface area (Å²) in [5, 5.41) is 0.725. The monoisotopic (exact) mass is 208 g/mol. The molecule has 2 heterocycles. The maximum absolute atomic E-state index is 4.98. The van der Waals surface area contributed by atoms with Crippen LogP contribution in [0.2, 0.25) is 0 Å². The van der Waals surface area contributed by atoms with Gasteiger partial charge in [0, 0.05) is 13.3 Å². The van der Waals surface area contributed by atoms with Crippen LogP contribution in [0.1, 0.15) is 5.69 Å². The summed E-state index contributed by atoms with van der Waals surface area (Å²) in [4.78, 5) is 12.4. The minimum Gasteiger partial charge on any atom is -0.378 e. The Balaban J connectivity index is 2.31. The molecule has 0 spiro atoms. The highest BCUT2D eigenvalue weighted by molar-refractivity contribution is 7.08. The third kappa shape index (κ3) is 1.91. The first-order valence-electron chi connectivity index (χ1n) is 3.98. The molecule has 0 aliphatic heterocycles. The van der Waals surface area contributed by atoms with E-state index in [0.29, 0.717) is 12.4 Å². The quantitative estimate of drug-likeness (QED) is 0.757. The summed E-state index contributed by atoms with van der Waals surface area (Å²) < 4.78 is 8.87. The van der Waals surface area contributed by atoms with Gasteiger partial charge in [-0.05, 0) is 17.6 Å². The Hall–Kier alpha value is -1.40. The lowest BCUT2D eigenvalue weighted by atomic mass is 10.4. The lowest BCUT2D eigenvalue weighted by Gasteiger charge is -1.99. The van der Waals surface area contributed by atoms with Crippen molar-refractivity contribution < 1.29 is 4.74 Å². The van der Waals surface area contributed by atoms with Gasteiger partial charge in [-0.2, -0.15) is 4.37 Å². The molecule has 0 amide bonds. The maximum Gasteiger partial charge on any atom is 0.190 e. The van der Waals surface area contributed by atoms with Crippen LogP contribution in [0.5, 0.6) is 0 Å². The molecular weight excluding hydrogens is 200 g/mol. The standard InChI is InChI=1S/C8H8N4OS/c1-13-4-6-2-3-9-7(12-6)8-10-5-11-14-8/h2-3,5H,4H2,1H3. The maximum atomic E-state index is 4.98. The molecule has 0 atom stereocenters. The van der Waals surface area contributed by atoms with E-state index in [1.807, 2.05) is 6.07 Å². The third-order valence-corrected chi connectivity index (χ3v) is 2.22. The van der Waals surface area contributed by atoms with Crippen molar-refractivity contribution in [2.45, 2.75) is 6.61 Å². The van der Waals surface area contributed by atoms with E-state index in [4.69, 9.17) is 4.74 Å². The number of nitrogens with zero attached hydrogens (tertiary/aromatic N) is 4. The summed E-state index contributed by atoms with van der Waals surface area (Å²) in [7, 11) is 1.63. The molecule has 0 aliphatic carbocycles. The Bertz CT molecular complexity index is 403. The smallest absolute Gasteiger partial charge is 0.190 e. The van der Waals surface area contributed by atoms with Crippen LogP contribution in [0.3, 0.4) is 0 Å². The van der Waals surface area contributed by atoms with Crippen LogP contribution in [-0.4, -0.2) is 26.4 Å². The fraction of sp³-hybridized carbons (Fsp3) is 0.250. The summed E-state index contributed by atoms with van der Waals surface area (Å²) in [5.41, 5.74) is 0.840. The molecule has 0 unspecified atom stereocenters. The zero-order chi connectivity index (χ0) is 9.80. The highest BCUT2D eigenvalue weighted by Gasteiger charge is 2.05. The number of ether oxygens (including phenoxy) is 1. The summed E-state index contributed by atoms with van der Waals surface area (Å²) in [5.74, 6) is 0.599. The molecule has 0 bridgehead atoms. The van der Waals surface area contributed by atoms with Crippen molar-refractivity contribution in [1.29, 1.82) is 0 Å². The lowest BCUT2D eigenvalue weighted by Crippen LogP contribution is -1.95. The van der Waals surface area contributed by atoms with Gasteiger partial charge in [-0.25, -0.2) is 15.0 Å². The third-order valence-electron chi connectivity index (χ3n) is 1.56. The molecule has 6 heteroatoms. The Kier molecular flexibility index (Phi) is 2.76. The molecule has 0 saturated heterocycles. The van der Waals surface area contributed by atoms with Crippen molar-refractivity contribution in [3.63, 3.8) is 0 Å². The average molecular weight is 208 g/mol. The molecule has 5 nitrogen and oxygen atoms in total. The first-order valence-corrected chi connectivity index (χ1v) is 4.75. The number of hydrogen-bond acceptors (Lipinski definition) is 6. The summed E-state index contributed by atoms with van der Waals surface area (Å²) >= 11 is 1.28. The van der Waals surface area contributed by atoms with Crippen LogP contribution in [-0.2, 0) is 11.3 Å². The number of rotatable bonds is 3. The van der Waals surface area contributed by atoms with Crippen molar-refractivity contribution in [2.75, 3.05) is 7.11 Å². The van der Waals surface area contributed by atoms with Gasteiger partial charge in [0.25, 0.3) is 0 Å². The van der Waals surface area contributed by atoms with Crippen LogP contribution in [0.15, 0.2) is 18.6 Å². The Labute approximate surface area is 85.0 Å². The van der Waals surface area contributed by atoms with Crippen LogP contribution in [0.4, 0.5) is 0 Å². The zero-order valence-corrected chi connectivity index (χ0v) is 8.36. The summed E-state index contributed by atoms with van der Waals surface area (Å²) in [6.45, 7) is 0.480. The fourth-order valence-electron chi connectivity index (χ4n) is 0.999. The topological polar surface area (TPSA) is 60.8 Å². The predicted octanol–water partition coefficient (Wildman–Crippen LogP) is 1.14. The van der Waals surface area contributed by atoms with Gasteiger partial charge in [-0.1, -0.05) is 0 Å². The average Bonchev–Trinajstić information content (AvgIpc) is 2.71. The van der Waals surface area contributed by atoms with Gasteiger partial charge in [-0.3, -0.25) is 0 Å². The van der Waals surface area contributed by atoms with Crippen molar-refractivity contribution in [3.05, 3.63) is 24.3 Å². The van der Waals surface area contributed by atoms with Gasteiger partial charge in [0.15, 0.2) is 10.8 Å². The first kappa shape index (κ1) is 9.17. The number of aromatic nitrogens is 4. The molecule has 2 aromatic heterocycles. The molecule has 0 radical (unpaired) electrons. The molecule has 2 aromatic rings. The van der Waals surface area contributed by atoms with Crippen LogP contribution in [0, 0.1) is 0 Å². The van der Waals surface area contributed by atoms with Crippen LogP contribution >= 0.6 is 11.5 Å². The minimum absolute atomic E-state index is 0.480. The molecule has 0 saturated carbocycles. The Morgan fingerprint density at radius 1 is 1.43 bits per heavy atom. The molecule has 0 fully saturated rings. The molecule has 14 heavy (non-hydrogen) atoms. The summed E-state index contributed by atoms with van der Waals surface area (Å²) in [6, 6.07) is 1.81. The molecule has 0 aromatic carbocycles. The fourth-order valence-corrected chi connectivity index (χ4v) is 1.47. The van der Waals surface area contributed by atoms with E-state index in [9.17, 15) is 0 Å². The highest BCUT2D eigenvalue weighted by atomic mass is 32.1. The van der Waals surface area contributed by atoms with Gasteiger partial charge >= 0.3 is 0 Å². The molecule has 72 valence electrons. The largest absolute Gasteiger partial charge is 0.378 e. The van der Waals surface area contributed by atoms with Crippen molar-refractivity contribution in [3.8, 4) is 10.8 Å². The van der Waals surface area contributed by atoms with E-state index in [1.54, 1.807) is 13.3 Å². The first-order chi connectivity index (χ1) is 6.90. The molecular formula is C8H8N4OS. The lowest BCUT2D eigenvalue weighted by molar-refractivity contribution is 0.181. The SMILES string of the molecule is COCc1ccnc(-c2ncns2)n1. The number of hydrogen-bond donors (Lipinski definition) is 0. The van der Waals surface area contributed by atoms with E-state index < -0.39 is 0 Å². The van der Waals surface area contributed by atoms with Crippen molar-refractivity contribution in [1.82, 2.24) is 19.3 Å². The van der Waals surface area contributed by atoms with Gasteiger partial charge in [0.05, 0.1) is 12.3 Å². The molecule has 2 rings (SSSR count). The molecule has 0 aliphatic rings. The number of methoxy groups -OCH3 is 1. The van der Waals surface area contributed by atoms with E-state index in [1.165, 1.54) is 17.9 Å². The van der Waals surface area contributed by atoms with E-state index in [0.717, 1.165) is 10.7 Å². The zero-order valence-electron chi connectivity index (χ0n) is 7.54. The second-order valence-electron chi connectivity index (χ2n) is 2.55. The Morgan fingerprint density at radius 2 is 2.36 bits per heavy atom. The second-order valence-corrected chi connectivity index (χ2v) is 3.33. The van der Waals surface area contributed by atoms with Gasteiger partial charge in [0.2, 0.25) is 0 Å². The summed E-state index contributed by atoms with van der Waals surface area (Å²) in [6.07, 6.45) is 3.18. The normalized spacial score (nSPS) is 10.4.